The smallest absolute Gasteiger partial charge is 0.290 e. The predicted octanol–water partition coefficient (Wildman–Crippen LogP) is 4.26. The molecule has 1 unspecified atom stereocenters. The zero-order valence-corrected chi connectivity index (χ0v) is 19.1. The van der Waals surface area contributed by atoms with Gasteiger partial charge in [-0.15, -0.1) is 0 Å². The second-order valence-electron chi connectivity index (χ2n) is 7.76. The summed E-state index contributed by atoms with van der Waals surface area (Å²) in [4.78, 5) is 28.4. The Kier molecular flexibility index (Phi) is 6.44. The van der Waals surface area contributed by atoms with Crippen molar-refractivity contribution in [2.24, 2.45) is 0 Å². The molecule has 8 heteroatoms. The molecule has 4 rings (SSSR count). The number of carbonyl (C=O) groups excluding carboxylic acids is 1. The first kappa shape index (κ1) is 22.9. The van der Waals surface area contributed by atoms with E-state index in [2.05, 4.69) is 6.58 Å². The highest BCUT2D eigenvalue weighted by molar-refractivity contribution is 6.32. The molecule has 1 aliphatic rings. The molecule has 2 aromatic carbocycles. The van der Waals surface area contributed by atoms with Gasteiger partial charge in [-0.2, -0.15) is 0 Å². The summed E-state index contributed by atoms with van der Waals surface area (Å²) in [7, 11) is 1.52. The van der Waals surface area contributed by atoms with Crippen LogP contribution in [0.15, 0.2) is 52.2 Å². The van der Waals surface area contributed by atoms with E-state index < -0.39 is 11.9 Å². The van der Waals surface area contributed by atoms with Crippen LogP contribution in [-0.4, -0.2) is 42.8 Å². The van der Waals surface area contributed by atoms with Gasteiger partial charge in [-0.3, -0.25) is 9.59 Å². The normalized spacial score (nSPS) is 15.1. The van der Waals surface area contributed by atoms with E-state index in [1.807, 2.05) is 0 Å². The first-order chi connectivity index (χ1) is 15.9. The van der Waals surface area contributed by atoms with Gasteiger partial charge in [-0.25, -0.2) is 0 Å². The van der Waals surface area contributed by atoms with Gasteiger partial charge in [0.25, 0.3) is 5.91 Å². The van der Waals surface area contributed by atoms with Gasteiger partial charge in [-0.1, -0.05) is 30.3 Å². The lowest BCUT2D eigenvalue weighted by Gasteiger charge is -2.25. The number of carbonyl (C=O) groups is 1. The Bertz CT molecular complexity index is 1300. The van der Waals surface area contributed by atoms with Crippen LogP contribution in [0, 0.1) is 6.92 Å². The highest BCUT2D eigenvalue weighted by atomic mass is 35.5. The Hall–Kier alpha value is -3.29. The minimum atomic E-state index is -0.706. The average Bonchev–Trinajstić information content (AvgIpc) is 3.09. The third-order valence-electron chi connectivity index (χ3n) is 5.66. The first-order valence-electron chi connectivity index (χ1n) is 10.5. The largest absolute Gasteiger partial charge is 0.493 e. The predicted molar refractivity (Wildman–Crippen MR) is 125 cm³/mol. The lowest BCUT2D eigenvalue weighted by molar-refractivity contribution is 0.0716. The van der Waals surface area contributed by atoms with Gasteiger partial charge >= 0.3 is 0 Å². The molecule has 1 aliphatic heterocycles. The quantitative estimate of drug-likeness (QED) is 0.496. The number of aliphatic hydroxyl groups excluding tert-OH is 1. The Morgan fingerprint density at radius 3 is 2.73 bits per heavy atom. The van der Waals surface area contributed by atoms with Crippen LogP contribution in [-0.2, 0) is 0 Å². The van der Waals surface area contributed by atoms with Crippen molar-refractivity contribution in [3.8, 4) is 11.5 Å². The van der Waals surface area contributed by atoms with E-state index in [1.165, 1.54) is 12.0 Å². The molecule has 33 heavy (non-hydrogen) atoms. The highest BCUT2D eigenvalue weighted by Gasteiger charge is 2.42. The molecule has 0 fully saturated rings. The van der Waals surface area contributed by atoms with Gasteiger partial charge in [0.1, 0.15) is 12.2 Å². The maximum Gasteiger partial charge on any atom is 0.290 e. The van der Waals surface area contributed by atoms with Gasteiger partial charge in [0, 0.05) is 18.2 Å². The van der Waals surface area contributed by atoms with Crippen molar-refractivity contribution < 1.29 is 23.8 Å². The summed E-state index contributed by atoms with van der Waals surface area (Å²) >= 11 is 6.27. The molecular formula is C25H24ClNO6. The molecule has 0 spiro atoms. The Morgan fingerprint density at radius 1 is 1.24 bits per heavy atom. The number of hydrogen-bond donors (Lipinski definition) is 1. The number of aryl methyl sites for hydroxylation is 1. The zero-order chi connectivity index (χ0) is 23.7. The van der Waals surface area contributed by atoms with Crippen LogP contribution in [0.4, 0.5) is 0 Å². The fourth-order valence-electron chi connectivity index (χ4n) is 4.08. The molecule has 7 nitrogen and oxygen atoms in total. The number of fused-ring (bicyclic) bond motifs is 2. The van der Waals surface area contributed by atoms with Gasteiger partial charge in [-0.05, 0) is 48.7 Å². The number of ether oxygens (including phenoxy) is 2. The van der Waals surface area contributed by atoms with Crippen molar-refractivity contribution in [2.75, 3.05) is 26.9 Å². The van der Waals surface area contributed by atoms with Crippen molar-refractivity contribution in [3.63, 3.8) is 0 Å². The van der Waals surface area contributed by atoms with Gasteiger partial charge in [0.15, 0.2) is 16.9 Å². The highest BCUT2D eigenvalue weighted by Crippen LogP contribution is 2.41. The maximum absolute atomic E-state index is 13.6. The molecule has 1 N–H and O–H groups in total. The molecule has 0 aliphatic carbocycles. The fourth-order valence-corrected chi connectivity index (χ4v) is 4.24. The second-order valence-corrected chi connectivity index (χ2v) is 8.17. The van der Waals surface area contributed by atoms with Crippen molar-refractivity contribution >= 4 is 28.5 Å². The minimum Gasteiger partial charge on any atom is -0.493 e. The van der Waals surface area contributed by atoms with E-state index in [-0.39, 0.29) is 29.9 Å². The summed E-state index contributed by atoms with van der Waals surface area (Å²) in [5, 5.41) is 10.1. The molecule has 0 saturated heterocycles. The third-order valence-corrected chi connectivity index (χ3v) is 6.07. The number of nitrogens with zero attached hydrogens (tertiary/aromatic N) is 1. The molecule has 0 saturated carbocycles. The van der Waals surface area contributed by atoms with Crippen molar-refractivity contribution in [1.82, 2.24) is 4.90 Å². The molecule has 0 bridgehead atoms. The topological polar surface area (TPSA) is 89.2 Å². The fraction of sp³-hybridized carbons (Fsp3) is 0.280. The molecule has 1 amide bonds. The monoisotopic (exact) mass is 469 g/mol. The number of rotatable bonds is 8. The second kappa shape index (κ2) is 9.29. The first-order valence-corrected chi connectivity index (χ1v) is 10.9. The maximum atomic E-state index is 13.6. The lowest BCUT2D eigenvalue weighted by Crippen LogP contribution is -2.31. The summed E-state index contributed by atoms with van der Waals surface area (Å²) in [6.45, 7) is 5.90. The van der Waals surface area contributed by atoms with Gasteiger partial charge in [0.2, 0.25) is 5.76 Å². The lowest BCUT2D eigenvalue weighted by atomic mass is 9.97. The van der Waals surface area contributed by atoms with E-state index in [9.17, 15) is 14.7 Å². The van der Waals surface area contributed by atoms with Gasteiger partial charge < -0.3 is 23.9 Å². The van der Waals surface area contributed by atoms with Crippen LogP contribution in [0.25, 0.3) is 11.0 Å². The minimum absolute atomic E-state index is 0.00288. The SMILES string of the molecule is C=CCOc1ccc(C2c3c(oc4cc(C)c(Cl)cc4c3=O)C(=O)N2CCCO)cc1OC. The number of hydrogen-bond acceptors (Lipinski definition) is 6. The number of benzene rings is 2. The zero-order valence-electron chi connectivity index (χ0n) is 18.4. The molecule has 3 aromatic rings. The molecule has 2 heterocycles. The van der Waals surface area contributed by atoms with E-state index in [0.29, 0.717) is 46.1 Å². The van der Waals surface area contributed by atoms with Gasteiger partial charge in [0.05, 0.1) is 24.1 Å². The summed E-state index contributed by atoms with van der Waals surface area (Å²) in [6.07, 6.45) is 1.98. The Balaban J connectivity index is 1.92. The van der Waals surface area contributed by atoms with E-state index in [4.69, 9.17) is 25.5 Å². The summed E-state index contributed by atoms with van der Waals surface area (Å²) < 4.78 is 17.1. The Labute approximate surface area is 195 Å². The van der Waals surface area contributed by atoms with Crippen molar-refractivity contribution in [1.29, 1.82) is 0 Å². The van der Waals surface area contributed by atoms with Crippen LogP contribution >= 0.6 is 11.6 Å². The van der Waals surface area contributed by atoms with Crippen LogP contribution in [0.3, 0.4) is 0 Å². The van der Waals surface area contributed by atoms with Crippen LogP contribution in [0.2, 0.25) is 5.02 Å². The van der Waals surface area contributed by atoms with E-state index >= 15 is 0 Å². The summed E-state index contributed by atoms with van der Waals surface area (Å²) in [5.74, 6) is 0.575. The number of aliphatic hydroxyl groups is 1. The van der Waals surface area contributed by atoms with Crippen LogP contribution in [0.1, 0.15) is 39.7 Å². The van der Waals surface area contributed by atoms with E-state index in [0.717, 1.165) is 5.56 Å². The van der Waals surface area contributed by atoms with Crippen LogP contribution in [0.5, 0.6) is 11.5 Å². The molecule has 1 atom stereocenters. The van der Waals surface area contributed by atoms with Crippen molar-refractivity contribution in [2.45, 2.75) is 19.4 Å². The summed E-state index contributed by atoms with van der Waals surface area (Å²) in [5.41, 5.74) is 1.64. The third kappa shape index (κ3) is 3.98. The van der Waals surface area contributed by atoms with E-state index in [1.54, 1.807) is 43.3 Å². The molecular weight excluding hydrogens is 446 g/mol. The van der Waals surface area contributed by atoms with Crippen molar-refractivity contribution in [3.05, 3.63) is 80.7 Å². The van der Waals surface area contributed by atoms with Crippen LogP contribution < -0.4 is 14.9 Å². The Morgan fingerprint density at radius 2 is 2.03 bits per heavy atom. The molecule has 1 aromatic heterocycles. The number of methoxy groups -OCH3 is 1. The number of halogens is 1. The number of amides is 1. The molecule has 172 valence electrons. The standard InChI is InChI=1S/C25H24ClNO6/c1-4-10-32-18-7-6-15(12-20(18)31-3)22-21-23(29)16-13-17(26)14(2)11-19(16)33-24(21)25(30)27(22)8-5-9-28/h4,6-7,11-13,22,28H,1,5,8-10H2,2-3H3. The summed E-state index contributed by atoms with van der Waals surface area (Å²) in [6, 6.07) is 7.78. The average molecular weight is 470 g/mol. The molecule has 0 radical (unpaired) electrons.